The standard InChI is InChI=1S/C12H15ClN2O/c1-15(8-6-14)7-5-10-3-4-11(16-2)9-12(10)13/h3-4,9H,5,7-8H2,1-2H3. The van der Waals surface area contributed by atoms with Gasteiger partial charge in [-0.25, -0.2) is 0 Å². The first-order valence-electron chi connectivity index (χ1n) is 5.05. The summed E-state index contributed by atoms with van der Waals surface area (Å²) in [5, 5.41) is 9.24. The Morgan fingerprint density at radius 1 is 1.50 bits per heavy atom. The molecule has 0 N–H and O–H groups in total. The van der Waals surface area contributed by atoms with E-state index in [1.165, 1.54) is 0 Å². The molecule has 0 saturated carbocycles. The maximum atomic E-state index is 8.52. The van der Waals surface area contributed by atoms with Crippen molar-refractivity contribution >= 4 is 11.6 Å². The highest BCUT2D eigenvalue weighted by Gasteiger charge is 2.04. The van der Waals surface area contributed by atoms with E-state index in [0.717, 1.165) is 24.3 Å². The van der Waals surface area contributed by atoms with Gasteiger partial charge < -0.3 is 4.74 Å². The van der Waals surface area contributed by atoms with Gasteiger partial charge in [-0.1, -0.05) is 17.7 Å². The number of hydrogen-bond acceptors (Lipinski definition) is 3. The van der Waals surface area contributed by atoms with E-state index in [1.54, 1.807) is 13.2 Å². The third-order valence-corrected chi connectivity index (χ3v) is 2.72. The SMILES string of the molecule is COc1ccc(CCN(C)CC#N)c(Cl)c1. The van der Waals surface area contributed by atoms with Crippen molar-refractivity contribution in [1.29, 1.82) is 5.26 Å². The van der Waals surface area contributed by atoms with Crippen molar-refractivity contribution < 1.29 is 4.74 Å². The molecule has 0 aliphatic rings. The molecular formula is C12H15ClN2O. The van der Waals surface area contributed by atoms with E-state index < -0.39 is 0 Å². The summed E-state index contributed by atoms with van der Waals surface area (Å²) in [6.45, 7) is 1.26. The molecule has 4 heteroatoms. The number of hydrogen-bond donors (Lipinski definition) is 0. The van der Waals surface area contributed by atoms with Crippen LogP contribution in [0.3, 0.4) is 0 Å². The van der Waals surface area contributed by atoms with E-state index >= 15 is 0 Å². The first-order chi connectivity index (χ1) is 7.67. The monoisotopic (exact) mass is 238 g/mol. The lowest BCUT2D eigenvalue weighted by molar-refractivity contribution is 0.379. The minimum absolute atomic E-state index is 0.438. The highest BCUT2D eigenvalue weighted by Crippen LogP contribution is 2.22. The van der Waals surface area contributed by atoms with Gasteiger partial charge in [0.15, 0.2) is 0 Å². The Hall–Kier alpha value is -1.24. The predicted octanol–water partition coefficient (Wildman–Crippen LogP) is 2.35. The highest BCUT2D eigenvalue weighted by atomic mass is 35.5. The topological polar surface area (TPSA) is 36.3 Å². The van der Waals surface area contributed by atoms with Crippen molar-refractivity contribution in [2.24, 2.45) is 0 Å². The molecule has 0 aliphatic heterocycles. The third kappa shape index (κ3) is 3.73. The molecule has 16 heavy (non-hydrogen) atoms. The van der Waals surface area contributed by atoms with Gasteiger partial charge in [-0.05, 0) is 31.2 Å². The molecule has 0 unspecified atom stereocenters. The molecule has 0 bridgehead atoms. The molecule has 1 aromatic carbocycles. The molecule has 1 aromatic rings. The van der Waals surface area contributed by atoms with Crippen molar-refractivity contribution in [3.8, 4) is 11.8 Å². The van der Waals surface area contributed by atoms with Gasteiger partial charge in [-0.15, -0.1) is 0 Å². The zero-order valence-corrected chi connectivity index (χ0v) is 10.3. The summed E-state index contributed by atoms with van der Waals surface area (Å²) in [5.41, 5.74) is 1.08. The number of likely N-dealkylation sites (N-methyl/N-ethyl adjacent to an activating group) is 1. The van der Waals surface area contributed by atoms with E-state index in [1.807, 2.05) is 24.1 Å². The van der Waals surface area contributed by atoms with Crippen LogP contribution in [0.4, 0.5) is 0 Å². The molecule has 1 rings (SSSR count). The zero-order chi connectivity index (χ0) is 12.0. The molecule has 3 nitrogen and oxygen atoms in total. The minimum atomic E-state index is 0.438. The van der Waals surface area contributed by atoms with Gasteiger partial charge in [0.2, 0.25) is 0 Å². The Morgan fingerprint density at radius 3 is 2.81 bits per heavy atom. The fraction of sp³-hybridized carbons (Fsp3) is 0.417. The molecule has 0 amide bonds. The fourth-order valence-corrected chi connectivity index (χ4v) is 1.63. The summed E-state index contributed by atoms with van der Waals surface area (Å²) < 4.78 is 5.08. The van der Waals surface area contributed by atoms with Gasteiger partial charge in [-0.3, -0.25) is 4.90 Å². The summed E-state index contributed by atoms with van der Waals surface area (Å²) in [4.78, 5) is 1.96. The van der Waals surface area contributed by atoms with Crippen LogP contribution in [0.25, 0.3) is 0 Å². The summed E-state index contributed by atoms with van der Waals surface area (Å²) in [5.74, 6) is 0.763. The predicted molar refractivity (Wildman–Crippen MR) is 64.8 cm³/mol. The zero-order valence-electron chi connectivity index (χ0n) is 9.53. The maximum absolute atomic E-state index is 8.52. The molecule has 0 heterocycles. The van der Waals surface area contributed by atoms with Crippen LogP contribution in [0, 0.1) is 11.3 Å². The average Bonchev–Trinajstić information content (AvgIpc) is 2.27. The van der Waals surface area contributed by atoms with Gasteiger partial charge in [0.05, 0.1) is 19.7 Å². The van der Waals surface area contributed by atoms with E-state index in [-0.39, 0.29) is 0 Å². The van der Waals surface area contributed by atoms with Gasteiger partial charge in [-0.2, -0.15) is 5.26 Å². The van der Waals surface area contributed by atoms with Gasteiger partial charge in [0, 0.05) is 11.6 Å². The molecule has 0 spiro atoms. The molecule has 0 aromatic heterocycles. The van der Waals surface area contributed by atoms with Crippen molar-refractivity contribution in [2.75, 3.05) is 27.2 Å². The third-order valence-electron chi connectivity index (χ3n) is 2.36. The van der Waals surface area contributed by atoms with Crippen LogP contribution < -0.4 is 4.74 Å². The van der Waals surface area contributed by atoms with Gasteiger partial charge in [0.25, 0.3) is 0 Å². The lowest BCUT2D eigenvalue weighted by atomic mass is 10.1. The van der Waals surface area contributed by atoms with Crippen LogP contribution >= 0.6 is 11.6 Å². The smallest absolute Gasteiger partial charge is 0.120 e. The number of ether oxygens (including phenoxy) is 1. The molecule has 0 aliphatic carbocycles. The minimum Gasteiger partial charge on any atom is -0.497 e. The Labute approximate surface area is 101 Å². The van der Waals surface area contributed by atoms with Crippen LogP contribution in [0.1, 0.15) is 5.56 Å². The van der Waals surface area contributed by atoms with Gasteiger partial charge in [0.1, 0.15) is 5.75 Å². The molecule has 0 fully saturated rings. The number of halogens is 1. The Balaban J connectivity index is 2.58. The Kier molecular flexibility index (Phi) is 5.10. The van der Waals surface area contributed by atoms with E-state index in [9.17, 15) is 0 Å². The van der Waals surface area contributed by atoms with E-state index in [2.05, 4.69) is 6.07 Å². The fourth-order valence-electron chi connectivity index (χ4n) is 1.37. The average molecular weight is 239 g/mol. The van der Waals surface area contributed by atoms with Crippen molar-refractivity contribution in [2.45, 2.75) is 6.42 Å². The summed E-state index contributed by atoms with van der Waals surface area (Å²) in [7, 11) is 3.53. The molecule has 0 atom stereocenters. The summed E-state index contributed by atoms with van der Waals surface area (Å²) >= 11 is 6.11. The van der Waals surface area contributed by atoms with Crippen LogP contribution in [0.15, 0.2) is 18.2 Å². The Bertz CT molecular complexity index is 387. The molecule has 86 valence electrons. The number of nitriles is 1. The van der Waals surface area contributed by atoms with Crippen LogP contribution in [0.2, 0.25) is 5.02 Å². The van der Waals surface area contributed by atoms with Gasteiger partial charge >= 0.3 is 0 Å². The maximum Gasteiger partial charge on any atom is 0.120 e. The molecule has 0 saturated heterocycles. The van der Waals surface area contributed by atoms with E-state index in [4.69, 9.17) is 21.6 Å². The first kappa shape index (κ1) is 12.8. The van der Waals surface area contributed by atoms with Crippen LogP contribution in [-0.4, -0.2) is 32.1 Å². The number of nitrogens with zero attached hydrogens (tertiary/aromatic N) is 2. The summed E-state index contributed by atoms with van der Waals surface area (Å²) in [6.07, 6.45) is 0.834. The van der Waals surface area contributed by atoms with Crippen LogP contribution in [0.5, 0.6) is 5.75 Å². The lowest BCUT2D eigenvalue weighted by Crippen LogP contribution is -2.21. The highest BCUT2D eigenvalue weighted by molar-refractivity contribution is 6.31. The van der Waals surface area contributed by atoms with Crippen LogP contribution in [-0.2, 0) is 6.42 Å². The largest absolute Gasteiger partial charge is 0.497 e. The first-order valence-corrected chi connectivity index (χ1v) is 5.43. The van der Waals surface area contributed by atoms with E-state index in [0.29, 0.717) is 11.6 Å². The second kappa shape index (κ2) is 6.37. The summed E-state index contributed by atoms with van der Waals surface area (Å²) in [6, 6.07) is 7.77. The normalized spacial score (nSPS) is 10.2. The van der Waals surface area contributed by atoms with Crippen molar-refractivity contribution in [3.05, 3.63) is 28.8 Å². The second-order valence-corrected chi connectivity index (χ2v) is 4.01. The lowest BCUT2D eigenvalue weighted by Gasteiger charge is -2.13. The molecule has 0 radical (unpaired) electrons. The second-order valence-electron chi connectivity index (χ2n) is 3.60. The molecular weight excluding hydrogens is 224 g/mol. The Morgan fingerprint density at radius 2 is 2.25 bits per heavy atom. The quantitative estimate of drug-likeness (QED) is 0.739. The van der Waals surface area contributed by atoms with Crippen molar-refractivity contribution in [1.82, 2.24) is 4.90 Å². The number of rotatable bonds is 5. The number of benzene rings is 1. The van der Waals surface area contributed by atoms with Crippen molar-refractivity contribution in [3.63, 3.8) is 0 Å². The number of methoxy groups -OCH3 is 1.